The monoisotopic (exact) mass is 142 g/mol. The molecule has 0 radical (unpaired) electrons. The molecule has 1 aromatic rings. The lowest BCUT2D eigenvalue weighted by Gasteiger charge is -2.07. The third-order valence-corrected chi connectivity index (χ3v) is 1.29. The van der Waals surface area contributed by atoms with E-state index < -0.39 is 6.23 Å². The summed E-state index contributed by atoms with van der Waals surface area (Å²) in [6.45, 7) is 1.47. The Kier molecular flexibility index (Phi) is 2.03. The molecule has 0 spiro atoms. The van der Waals surface area contributed by atoms with E-state index in [0.29, 0.717) is 5.82 Å². The molecule has 4 nitrogen and oxygen atoms in total. The molecule has 4 heteroatoms. The number of rotatable bonds is 2. The van der Waals surface area contributed by atoms with Crippen LogP contribution < -0.4 is 0 Å². The van der Waals surface area contributed by atoms with Crippen LogP contribution in [-0.4, -0.2) is 19.8 Å². The molecule has 0 amide bonds. The van der Waals surface area contributed by atoms with Crippen molar-refractivity contribution in [3.05, 3.63) is 18.2 Å². The van der Waals surface area contributed by atoms with Crippen molar-refractivity contribution < 1.29 is 10.2 Å². The standard InChI is InChI=1S/C6H10N2O2/c1-5(10)8-3-2-7-6(8)4-9/h2-3,5,9-10H,4H2,1H3. The maximum Gasteiger partial charge on any atom is 0.136 e. The van der Waals surface area contributed by atoms with Crippen LogP contribution in [-0.2, 0) is 6.61 Å². The first kappa shape index (κ1) is 7.24. The minimum Gasteiger partial charge on any atom is -0.388 e. The summed E-state index contributed by atoms with van der Waals surface area (Å²) in [6, 6.07) is 0. The highest BCUT2D eigenvalue weighted by Crippen LogP contribution is 2.04. The molecular formula is C6H10N2O2. The van der Waals surface area contributed by atoms with Crippen molar-refractivity contribution >= 4 is 0 Å². The van der Waals surface area contributed by atoms with Crippen molar-refractivity contribution in [2.45, 2.75) is 19.8 Å². The highest BCUT2D eigenvalue weighted by molar-refractivity contribution is 4.90. The second kappa shape index (κ2) is 2.81. The van der Waals surface area contributed by atoms with Crippen LogP contribution in [0.5, 0.6) is 0 Å². The van der Waals surface area contributed by atoms with Gasteiger partial charge in [0.15, 0.2) is 0 Å². The summed E-state index contributed by atoms with van der Waals surface area (Å²) in [5, 5.41) is 17.7. The molecule has 0 aromatic carbocycles. The van der Waals surface area contributed by atoms with E-state index in [0.717, 1.165) is 0 Å². The van der Waals surface area contributed by atoms with Crippen LogP contribution in [0.2, 0.25) is 0 Å². The topological polar surface area (TPSA) is 58.3 Å². The Morgan fingerprint density at radius 1 is 1.80 bits per heavy atom. The predicted molar refractivity (Wildman–Crippen MR) is 35.1 cm³/mol. The van der Waals surface area contributed by atoms with Crippen LogP contribution in [0.3, 0.4) is 0 Å². The third kappa shape index (κ3) is 1.17. The second-order valence-corrected chi connectivity index (χ2v) is 2.04. The first-order valence-corrected chi connectivity index (χ1v) is 3.06. The number of nitrogens with zero attached hydrogens (tertiary/aromatic N) is 2. The number of aliphatic hydroxyl groups is 2. The fraction of sp³-hybridized carbons (Fsp3) is 0.500. The van der Waals surface area contributed by atoms with Gasteiger partial charge in [-0.25, -0.2) is 4.98 Å². The average molecular weight is 142 g/mol. The Morgan fingerprint density at radius 3 is 2.90 bits per heavy atom. The maximum absolute atomic E-state index is 9.04. The van der Waals surface area contributed by atoms with Gasteiger partial charge in [0.25, 0.3) is 0 Å². The lowest BCUT2D eigenvalue weighted by molar-refractivity contribution is 0.114. The molecule has 0 aliphatic rings. The van der Waals surface area contributed by atoms with Gasteiger partial charge >= 0.3 is 0 Å². The van der Waals surface area contributed by atoms with Crippen molar-refractivity contribution in [3.8, 4) is 0 Å². The van der Waals surface area contributed by atoms with Crippen LogP contribution >= 0.6 is 0 Å². The molecule has 0 fully saturated rings. The van der Waals surface area contributed by atoms with Crippen LogP contribution in [0.1, 0.15) is 19.0 Å². The molecule has 2 N–H and O–H groups in total. The average Bonchev–Trinajstić information content (AvgIpc) is 2.33. The van der Waals surface area contributed by atoms with Crippen LogP contribution in [0.25, 0.3) is 0 Å². The van der Waals surface area contributed by atoms with Crippen molar-refractivity contribution in [2.75, 3.05) is 0 Å². The van der Waals surface area contributed by atoms with Gasteiger partial charge in [0.05, 0.1) is 0 Å². The van der Waals surface area contributed by atoms with Crippen LogP contribution in [0, 0.1) is 0 Å². The van der Waals surface area contributed by atoms with Gasteiger partial charge in [0.2, 0.25) is 0 Å². The van der Waals surface area contributed by atoms with E-state index >= 15 is 0 Å². The summed E-state index contributed by atoms with van der Waals surface area (Å²) >= 11 is 0. The molecule has 1 atom stereocenters. The van der Waals surface area contributed by atoms with Gasteiger partial charge in [-0.2, -0.15) is 0 Å². The Hall–Kier alpha value is -0.870. The molecule has 1 unspecified atom stereocenters. The number of aromatic nitrogens is 2. The lowest BCUT2D eigenvalue weighted by Crippen LogP contribution is -2.07. The molecule has 1 heterocycles. The summed E-state index contributed by atoms with van der Waals surface area (Å²) in [7, 11) is 0. The quantitative estimate of drug-likeness (QED) is 0.605. The fourth-order valence-electron chi connectivity index (χ4n) is 0.807. The van der Waals surface area contributed by atoms with Crippen LogP contribution in [0.15, 0.2) is 12.4 Å². The van der Waals surface area contributed by atoms with Gasteiger partial charge in [0.1, 0.15) is 18.7 Å². The fourth-order valence-corrected chi connectivity index (χ4v) is 0.807. The molecule has 0 saturated carbocycles. The van der Waals surface area contributed by atoms with Crippen molar-refractivity contribution in [3.63, 3.8) is 0 Å². The van der Waals surface area contributed by atoms with Gasteiger partial charge in [-0.05, 0) is 6.92 Å². The number of hydrogen-bond donors (Lipinski definition) is 2. The predicted octanol–water partition coefficient (Wildman–Crippen LogP) is -0.114. The van der Waals surface area contributed by atoms with Gasteiger partial charge in [0, 0.05) is 12.4 Å². The summed E-state index contributed by atoms with van der Waals surface area (Å²) < 4.78 is 1.50. The number of imidazole rings is 1. The summed E-state index contributed by atoms with van der Waals surface area (Å²) in [5.74, 6) is 0.481. The highest BCUT2D eigenvalue weighted by Gasteiger charge is 2.03. The zero-order chi connectivity index (χ0) is 7.56. The Morgan fingerprint density at radius 2 is 2.50 bits per heavy atom. The Balaban J connectivity index is 2.90. The number of aliphatic hydroxyl groups excluding tert-OH is 2. The van der Waals surface area contributed by atoms with Crippen LogP contribution in [0.4, 0.5) is 0 Å². The minimum atomic E-state index is -0.621. The summed E-state index contributed by atoms with van der Waals surface area (Å²) in [4.78, 5) is 3.81. The second-order valence-electron chi connectivity index (χ2n) is 2.04. The molecule has 10 heavy (non-hydrogen) atoms. The van der Waals surface area contributed by atoms with E-state index in [1.54, 1.807) is 13.1 Å². The zero-order valence-corrected chi connectivity index (χ0v) is 5.73. The molecular weight excluding hydrogens is 132 g/mol. The van der Waals surface area contributed by atoms with Gasteiger partial charge in [-0.3, -0.25) is 0 Å². The third-order valence-electron chi connectivity index (χ3n) is 1.29. The van der Waals surface area contributed by atoms with Gasteiger partial charge < -0.3 is 14.8 Å². The summed E-state index contributed by atoms with van der Waals surface area (Å²) in [6.07, 6.45) is 2.54. The van der Waals surface area contributed by atoms with Crippen molar-refractivity contribution in [1.82, 2.24) is 9.55 Å². The Bertz CT molecular complexity index is 207. The lowest BCUT2D eigenvalue weighted by atomic mass is 10.5. The molecule has 1 aromatic heterocycles. The van der Waals surface area contributed by atoms with Crippen molar-refractivity contribution in [2.24, 2.45) is 0 Å². The molecule has 1 rings (SSSR count). The van der Waals surface area contributed by atoms with Gasteiger partial charge in [-0.15, -0.1) is 0 Å². The molecule has 0 saturated heterocycles. The SMILES string of the molecule is CC(O)n1ccnc1CO. The maximum atomic E-state index is 9.04. The molecule has 56 valence electrons. The summed E-state index contributed by atoms with van der Waals surface area (Å²) in [5.41, 5.74) is 0. The first-order valence-electron chi connectivity index (χ1n) is 3.06. The molecule has 0 aliphatic carbocycles. The largest absolute Gasteiger partial charge is 0.388 e. The van der Waals surface area contributed by atoms with E-state index in [4.69, 9.17) is 10.2 Å². The van der Waals surface area contributed by atoms with Gasteiger partial charge in [-0.1, -0.05) is 0 Å². The zero-order valence-electron chi connectivity index (χ0n) is 5.73. The van der Waals surface area contributed by atoms with E-state index in [1.807, 2.05) is 0 Å². The first-order chi connectivity index (χ1) is 4.75. The van der Waals surface area contributed by atoms with E-state index in [9.17, 15) is 0 Å². The minimum absolute atomic E-state index is 0.141. The number of hydrogen-bond acceptors (Lipinski definition) is 3. The van der Waals surface area contributed by atoms with E-state index in [-0.39, 0.29) is 6.61 Å². The molecule has 0 aliphatic heterocycles. The highest BCUT2D eigenvalue weighted by atomic mass is 16.3. The van der Waals surface area contributed by atoms with Crippen molar-refractivity contribution in [1.29, 1.82) is 0 Å². The normalized spacial score (nSPS) is 13.5. The molecule has 0 bridgehead atoms. The Labute approximate surface area is 58.8 Å². The smallest absolute Gasteiger partial charge is 0.136 e. The van der Waals surface area contributed by atoms with E-state index in [2.05, 4.69) is 4.98 Å². The van der Waals surface area contributed by atoms with E-state index in [1.165, 1.54) is 10.8 Å².